The van der Waals surface area contributed by atoms with Crippen LogP contribution >= 0.6 is 0 Å². The van der Waals surface area contributed by atoms with Gasteiger partial charge in [-0.1, -0.05) is 13.0 Å². The predicted octanol–water partition coefficient (Wildman–Crippen LogP) is 3.51. The van der Waals surface area contributed by atoms with Crippen molar-refractivity contribution >= 4 is 16.7 Å². The number of benzene rings is 2. The third kappa shape index (κ3) is 2.05. The molecule has 3 N–H and O–H groups in total. The van der Waals surface area contributed by atoms with Crippen LogP contribution in [0.3, 0.4) is 0 Å². The van der Waals surface area contributed by atoms with E-state index >= 15 is 0 Å². The minimum atomic E-state index is -0.342. The Kier molecular flexibility index (Phi) is 2.71. The molecule has 3 rings (SSSR count). The summed E-state index contributed by atoms with van der Waals surface area (Å²) in [5.74, 6) is 0.325. The number of nitrogens with one attached hydrogen (secondary N) is 1. The Balaban J connectivity index is 2.14. The van der Waals surface area contributed by atoms with Gasteiger partial charge in [0.15, 0.2) is 0 Å². The summed E-state index contributed by atoms with van der Waals surface area (Å²) in [6.45, 7) is 2.11. The molecular formula is C15H14FN3. The van der Waals surface area contributed by atoms with Gasteiger partial charge in [-0.2, -0.15) is 0 Å². The number of aromatic amines is 1. The minimum Gasteiger partial charge on any atom is -0.398 e. The van der Waals surface area contributed by atoms with E-state index in [1.165, 1.54) is 17.7 Å². The molecule has 19 heavy (non-hydrogen) atoms. The molecular weight excluding hydrogens is 241 g/mol. The molecule has 0 saturated heterocycles. The number of H-pyrrole nitrogens is 1. The fourth-order valence-corrected chi connectivity index (χ4v) is 2.15. The summed E-state index contributed by atoms with van der Waals surface area (Å²) in [6.07, 6.45) is 0.975. The van der Waals surface area contributed by atoms with Crippen LogP contribution in [-0.2, 0) is 6.42 Å². The van der Waals surface area contributed by atoms with Crippen molar-refractivity contribution in [3.8, 4) is 11.4 Å². The molecule has 1 heterocycles. The van der Waals surface area contributed by atoms with E-state index in [9.17, 15) is 4.39 Å². The van der Waals surface area contributed by atoms with Gasteiger partial charge in [-0.25, -0.2) is 9.37 Å². The molecule has 0 spiro atoms. The van der Waals surface area contributed by atoms with E-state index in [0.29, 0.717) is 11.5 Å². The first-order chi connectivity index (χ1) is 9.17. The second-order valence-electron chi connectivity index (χ2n) is 4.52. The lowest BCUT2D eigenvalue weighted by Gasteiger charge is -2.01. The van der Waals surface area contributed by atoms with Crippen LogP contribution in [-0.4, -0.2) is 9.97 Å². The fraction of sp³-hybridized carbons (Fsp3) is 0.133. The molecule has 0 aliphatic heterocycles. The number of aromatic nitrogens is 2. The zero-order valence-electron chi connectivity index (χ0n) is 10.6. The minimum absolute atomic E-state index is 0.342. The van der Waals surface area contributed by atoms with Crippen molar-refractivity contribution in [2.75, 3.05) is 5.73 Å². The van der Waals surface area contributed by atoms with Crippen molar-refractivity contribution in [3.05, 3.63) is 47.8 Å². The van der Waals surface area contributed by atoms with Crippen LogP contribution in [0, 0.1) is 5.82 Å². The predicted molar refractivity (Wildman–Crippen MR) is 75.3 cm³/mol. The van der Waals surface area contributed by atoms with Crippen molar-refractivity contribution < 1.29 is 4.39 Å². The third-order valence-electron chi connectivity index (χ3n) is 3.22. The summed E-state index contributed by atoms with van der Waals surface area (Å²) >= 11 is 0. The highest BCUT2D eigenvalue weighted by molar-refractivity contribution is 5.82. The molecule has 96 valence electrons. The molecule has 0 amide bonds. The number of hydrogen-bond acceptors (Lipinski definition) is 2. The van der Waals surface area contributed by atoms with E-state index < -0.39 is 0 Å². The van der Waals surface area contributed by atoms with E-state index in [1.54, 1.807) is 6.07 Å². The molecule has 0 fully saturated rings. The Morgan fingerprint density at radius 3 is 2.79 bits per heavy atom. The number of anilines is 1. The molecule has 0 unspecified atom stereocenters. The van der Waals surface area contributed by atoms with Gasteiger partial charge in [0.05, 0.1) is 11.0 Å². The fourth-order valence-electron chi connectivity index (χ4n) is 2.15. The Hall–Kier alpha value is -2.36. The summed E-state index contributed by atoms with van der Waals surface area (Å²) in [6, 6.07) is 10.4. The number of halogens is 1. The average molecular weight is 255 g/mol. The zero-order chi connectivity index (χ0) is 13.4. The lowest BCUT2D eigenvalue weighted by atomic mass is 10.1. The highest BCUT2D eigenvalue weighted by Crippen LogP contribution is 2.26. The number of rotatable bonds is 2. The van der Waals surface area contributed by atoms with Gasteiger partial charge in [0.25, 0.3) is 0 Å². The van der Waals surface area contributed by atoms with Crippen LogP contribution in [0.15, 0.2) is 36.4 Å². The Bertz CT molecular complexity index is 746. The van der Waals surface area contributed by atoms with E-state index in [2.05, 4.69) is 29.0 Å². The largest absolute Gasteiger partial charge is 0.398 e. The maximum Gasteiger partial charge on any atom is 0.140 e. The smallest absolute Gasteiger partial charge is 0.140 e. The first kappa shape index (κ1) is 11.7. The van der Waals surface area contributed by atoms with Crippen molar-refractivity contribution in [1.82, 2.24) is 9.97 Å². The molecule has 0 saturated carbocycles. The van der Waals surface area contributed by atoms with Crippen molar-refractivity contribution in [1.29, 1.82) is 0 Å². The highest BCUT2D eigenvalue weighted by atomic mass is 19.1. The molecule has 2 aromatic carbocycles. The number of imidazole rings is 1. The summed E-state index contributed by atoms with van der Waals surface area (Å²) in [4.78, 5) is 7.72. The molecule has 4 heteroatoms. The standard InChI is InChI=1S/C15H14FN3/c1-2-9-3-6-13-14(7-9)19-15(18-13)11-5-4-10(16)8-12(11)17/h3-8H,2,17H2,1H3,(H,18,19). The molecule has 0 bridgehead atoms. The summed E-state index contributed by atoms with van der Waals surface area (Å²) in [7, 11) is 0. The number of hydrogen-bond donors (Lipinski definition) is 2. The normalized spacial score (nSPS) is 11.1. The summed E-state index contributed by atoms with van der Waals surface area (Å²) < 4.78 is 13.1. The van der Waals surface area contributed by atoms with Crippen molar-refractivity contribution in [2.24, 2.45) is 0 Å². The van der Waals surface area contributed by atoms with Gasteiger partial charge in [0.2, 0.25) is 0 Å². The first-order valence-corrected chi connectivity index (χ1v) is 6.21. The van der Waals surface area contributed by atoms with Gasteiger partial charge < -0.3 is 10.7 Å². The van der Waals surface area contributed by atoms with Crippen LogP contribution in [0.4, 0.5) is 10.1 Å². The first-order valence-electron chi connectivity index (χ1n) is 6.21. The molecule has 3 nitrogen and oxygen atoms in total. The molecule has 3 aromatic rings. The number of fused-ring (bicyclic) bond motifs is 1. The lowest BCUT2D eigenvalue weighted by Crippen LogP contribution is -1.92. The molecule has 0 aliphatic rings. The van der Waals surface area contributed by atoms with Crippen LogP contribution in [0.5, 0.6) is 0 Å². The van der Waals surface area contributed by atoms with Gasteiger partial charge >= 0.3 is 0 Å². The number of nitrogen functional groups attached to an aromatic ring is 1. The second kappa shape index (κ2) is 4.39. The van der Waals surface area contributed by atoms with Gasteiger partial charge in [0, 0.05) is 11.3 Å². The average Bonchev–Trinajstić information content (AvgIpc) is 2.80. The number of nitrogens with two attached hydrogens (primary N) is 1. The Labute approximate surface area is 110 Å². The SMILES string of the molecule is CCc1ccc2nc(-c3ccc(F)cc3N)[nH]c2c1. The van der Waals surface area contributed by atoms with Crippen LogP contribution < -0.4 is 5.73 Å². The van der Waals surface area contributed by atoms with Crippen LogP contribution in [0.2, 0.25) is 0 Å². The van der Waals surface area contributed by atoms with E-state index in [4.69, 9.17) is 5.73 Å². The molecule has 0 radical (unpaired) electrons. The van der Waals surface area contributed by atoms with E-state index in [1.807, 2.05) is 6.07 Å². The third-order valence-corrected chi connectivity index (χ3v) is 3.22. The van der Waals surface area contributed by atoms with Gasteiger partial charge in [-0.05, 0) is 42.3 Å². The molecule has 1 aromatic heterocycles. The van der Waals surface area contributed by atoms with Gasteiger partial charge in [-0.15, -0.1) is 0 Å². The second-order valence-corrected chi connectivity index (χ2v) is 4.52. The summed E-state index contributed by atoms with van der Waals surface area (Å²) in [5.41, 5.74) is 10.0. The van der Waals surface area contributed by atoms with Crippen molar-refractivity contribution in [3.63, 3.8) is 0 Å². The number of nitrogens with zero attached hydrogens (tertiary/aromatic N) is 1. The monoisotopic (exact) mass is 255 g/mol. The van der Waals surface area contributed by atoms with Crippen molar-refractivity contribution in [2.45, 2.75) is 13.3 Å². The topological polar surface area (TPSA) is 54.7 Å². The molecule has 0 atom stereocenters. The summed E-state index contributed by atoms with van der Waals surface area (Å²) in [5, 5.41) is 0. The Morgan fingerprint density at radius 1 is 1.21 bits per heavy atom. The quantitative estimate of drug-likeness (QED) is 0.688. The maximum absolute atomic E-state index is 13.1. The maximum atomic E-state index is 13.1. The molecule has 0 aliphatic carbocycles. The number of aryl methyl sites for hydroxylation is 1. The van der Waals surface area contributed by atoms with E-state index in [-0.39, 0.29) is 5.82 Å². The van der Waals surface area contributed by atoms with E-state index in [0.717, 1.165) is 23.0 Å². The zero-order valence-corrected chi connectivity index (χ0v) is 10.6. The van der Waals surface area contributed by atoms with Crippen LogP contribution in [0.25, 0.3) is 22.4 Å². The highest BCUT2D eigenvalue weighted by Gasteiger charge is 2.09. The van der Waals surface area contributed by atoms with Crippen LogP contribution in [0.1, 0.15) is 12.5 Å². The Morgan fingerprint density at radius 2 is 2.05 bits per heavy atom. The van der Waals surface area contributed by atoms with Gasteiger partial charge in [0.1, 0.15) is 11.6 Å². The lowest BCUT2D eigenvalue weighted by molar-refractivity contribution is 0.628. The van der Waals surface area contributed by atoms with Gasteiger partial charge in [-0.3, -0.25) is 0 Å².